The van der Waals surface area contributed by atoms with Gasteiger partial charge < -0.3 is 4.57 Å². The average molecular weight is 247 g/mol. The molecule has 2 heterocycles. The molecule has 1 atom stereocenters. The third-order valence-corrected chi connectivity index (χ3v) is 3.91. The minimum atomic E-state index is 0.142. The minimum absolute atomic E-state index is 0.142. The summed E-state index contributed by atoms with van der Waals surface area (Å²) in [5.74, 6) is 0.241. The third kappa shape index (κ3) is 1.46. The molecule has 0 saturated carbocycles. The molecule has 0 aliphatic carbocycles. The van der Waals surface area contributed by atoms with Crippen molar-refractivity contribution in [1.29, 1.82) is 0 Å². The first kappa shape index (κ1) is 10.6. The molecule has 1 aliphatic rings. The average Bonchev–Trinajstić information content (AvgIpc) is 2.98. The lowest BCUT2D eigenvalue weighted by Gasteiger charge is -2.14. The summed E-state index contributed by atoms with van der Waals surface area (Å²) in [5.41, 5.74) is 3.20. The lowest BCUT2D eigenvalue weighted by atomic mass is 10.0. The van der Waals surface area contributed by atoms with Crippen molar-refractivity contribution in [3.8, 4) is 0 Å². The predicted octanol–water partition coefficient (Wildman–Crippen LogP) is 3.82. The smallest absolute Gasteiger partial charge is 0.181 e. The fourth-order valence-electron chi connectivity index (χ4n) is 3.04. The van der Waals surface area contributed by atoms with Gasteiger partial charge in [0, 0.05) is 17.3 Å². The van der Waals surface area contributed by atoms with E-state index in [1.807, 2.05) is 36.4 Å². The monoisotopic (exact) mass is 247 g/mol. The molecular weight excluding hydrogens is 234 g/mol. The van der Waals surface area contributed by atoms with E-state index in [0.29, 0.717) is 6.42 Å². The summed E-state index contributed by atoms with van der Waals surface area (Å²) in [5, 5.41) is 1.14. The molecule has 19 heavy (non-hydrogen) atoms. The fourth-order valence-corrected chi connectivity index (χ4v) is 3.04. The third-order valence-electron chi connectivity index (χ3n) is 3.91. The summed E-state index contributed by atoms with van der Waals surface area (Å²) in [4.78, 5) is 12.2. The highest BCUT2D eigenvalue weighted by molar-refractivity contribution is 6.03. The number of aromatic nitrogens is 1. The summed E-state index contributed by atoms with van der Waals surface area (Å²) in [6, 6.07) is 20.6. The first-order valence-corrected chi connectivity index (χ1v) is 6.53. The van der Waals surface area contributed by atoms with E-state index in [4.69, 9.17) is 0 Å². The number of fused-ring (bicyclic) bond motifs is 3. The van der Waals surface area contributed by atoms with Gasteiger partial charge in [0.25, 0.3) is 0 Å². The zero-order valence-corrected chi connectivity index (χ0v) is 10.4. The number of carbonyl (C=O) groups is 1. The second kappa shape index (κ2) is 3.82. The van der Waals surface area contributed by atoms with Crippen molar-refractivity contribution in [2.75, 3.05) is 0 Å². The molecule has 0 N–H and O–H groups in total. The molecule has 1 aromatic heterocycles. The highest BCUT2D eigenvalue weighted by Crippen LogP contribution is 2.36. The van der Waals surface area contributed by atoms with Crippen LogP contribution in [-0.4, -0.2) is 10.4 Å². The molecule has 1 unspecified atom stereocenters. The highest BCUT2D eigenvalue weighted by Gasteiger charge is 2.31. The molecule has 4 rings (SSSR count). The highest BCUT2D eigenvalue weighted by atomic mass is 16.1. The first-order chi connectivity index (χ1) is 9.34. The second-order valence-corrected chi connectivity index (χ2v) is 5.01. The van der Waals surface area contributed by atoms with Gasteiger partial charge >= 0.3 is 0 Å². The summed E-state index contributed by atoms with van der Waals surface area (Å²) < 4.78 is 2.19. The lowest BCUT2D eigenvalue weighted by molar-refractivity contribution is 0.0991. The van der Waals surface area contributed by atoms with Crippen molar-refractivity contribution in [1.82, 2.24) is 4.57 Å². The Bertz CT molecular complexity index is 770. The number of rotatable bonds is 1. The summed E-state index contributed by atoms with van der Waals surface area (Å²) >= 11 is 0. The molecule has 2 aromatic carbocycles. The van der Waals surface area contributed by atoms with Crippen LogP contribution < -0.4 is 0 Å². The van der Waals surface area contributed by atoms with Crippen molar-refractivity contribution in [2.24, 2.45) is 0 Å². The lowest BCUT2D eigenvalue weighted by Crippen LogP contribution is -2.04. The van der Waals surface area contributed by atoms with Crippen LogP contribution in [0.1, 0.15) is 28.5 Å². The van der Waals surface area contributed by atoms with E-state index in [1.165, 1.54) is 5.56 Å². The van der Waals surface area contributed by atoms with Gasteiger partial charge in [-0.2, -0.15) is 0 Å². The predicted molar refractivity (Wildman–Crippen MR) is 75.5 cm³/mol. The fraction of sp³-hybridized carbons (Fsp3) is 0.118. The van der Waals surface area contributed by atoms with Gasteiger partial charge in [-0.05, 0) is 17.7 Å². The van der Waals surface area contributed by atoms with Crippen molar-refractivity contribution in [3.05, 3.63) is 71.9 Å². The van der Waals surface area contributed by atoms with Crippen molar-refractivity contribution in [2.45, 2.75) is 12.5 Å². The number of ketones is 1. The summed E-state index contributed by atoms with van der Waals surface area (Å²) in [6.45, 7) is 0. The number of para-hydroxylation sites is 1. The largest absolute Gasteiger partial charge is 0.330 e. The Balaban J connectivity index is 1.98. The van der Waals surface area contributed by atoms with Crippen LogP contribution in [0.4, 0.5) is 0 Å². The zero-order valence-electron chi connectivity index (χ0n) is 10.4. The molecule has 0 spiro atoms. The zero-order chi connectivity index (χ0) is 12.8. The number of carbonyl (C=O) groups excluding carboxylic acids is 1. The summed E-state index contributed by atoms with van der Waals surface area (Å²) in [6.07, 6.45) is 0.574. The number of benzene rings is 2. The van der Waals surface area contributed by atoms with E-state index in [2.05, 4.69) is 28.8 Å². The molecular formula is C17H13NO. The van der Waals surface area contributed by atoms with Crippen LogP contribution in [0.2, 0.25) is 0 Å². The Hall–Kier alpha value is -2.35. The van der Waals surface area contributed by atoms with Gasteiger partial charge in [0.1, 0.15) is 0 Å². The van der Waals surface area contributed by atoms with Crippen LogP contribution in [0.5, 0.6) is 0 Å². The van der Waals surface area contributed by atoms with Gasteiger partial charge in [-0.3, -0.25) is 4.79 Å². The normalized spacial score (nSPS) is 17.9. The van der Waals surface area contributed by atoms with Crippen LogP contribution >= 0.6 is 0 Å². The Morgan fingerprint density at radius 1 is 0.947 bits per heavy atom. The van der Waals surface area contributed by atoms with E-state index >= 15 is 0 Å². The van der Waals surface area contributed by atoms with Crippen molar-refractivity contribution >= 4 is 16.7 Å². The molecule has 3 aromatic rings. The Morgan fingerprint density at radius 3 is 2.53 bits per heavy atom. The van der Waals surface area contributed by atoms with Crippen molar-refractivity contribution in [3.63, 3.8) is 0 Å². The van der Waals surface area contributed by atoms with Gasteiger partial charge in [-0.15, -0.1) is 0 Å². The molecule has 0 saturated heterocycles. The van der Waals surface area contributed by atoms with Gasteiger partial charge in [-0.1, -0.05) is 48.5 Å². The number of hydrogen-bond acceptors (Lipinski definition) is 1. The number of nitrogens with zero attached hydrogens (tertiary/aromatic N) is 1. The topological polar surface area (TPSA) is 22.0 Å². The molecule has 0 radical (unpaired) electrons. The van der Waals surface area contributed by atoms with Crippen LogP contribution in [0, 0.1) is 0 Å². The SMILES string of the molecule is O=C1CC(c2ccccc2)n2c1cc1ccccc12. The van der Waals surface area contributed by atoms with Crippen molar-refractivity contribution < 1.29 is 4.79 Å². The molecule has 1 aliphatic heterocycles. The number of hydrogen-bond donors (Lipinski definition) is 0. The maximum absolute atomic E-state index is 12.2. The van der Waals surface area contributed by atoms with Crippen LogP contribution in [0.3, 0.4) is 0 Å². The minimum Gasteiger partial charge on any atom is -0.330 e. The van der Waals surface area contributed by atoms with Gasteiger partial charge in [-0.25, -0.2) is 0 Å². The van der Waals surface area contributed by atoms with Gasteiger partial charge in [0.2, 0.25) is 0 Å². The molecule has 92 valence electrons. The second-order valence-electron chi connectivity index (χ2n) is 5.01. The maximum atomic E-state index is 12.2. The van der Waals surface area contributed by atoms with Crippen LogP contribution in [0.25, 0.3) is 10.9 Å². The molecule has 0 fully saturated rings. The van der Waals surface area contributed by atoms with E-state index in [-0.39, 0.29) is 11.8 Å². The summed E-state index contributed by atoms with van der Waals surface area (Å²) in [7, 11) is 0. The van der Waals surface area contributed by atoms with Gasteiger partial charge in [0.05, 0.1) is 11.7 Å². The Morgan fingerprint density at radius 2 is 1.68 bits per heavy atom. The quantitative estimate of drug-likeness (QED) is 0.640. The first-order valence-electron chi connectivity index (χ1n) is 6.53. The van der Waals surface area contributed by atoms with Crippen LogP contribution in [-0.2, 0) is 0 Å². The molecule has 2 heteroatoms. The molecule has 2 nitrogen and oxygen atoms in total. The van der Waals surface area contributed by atoms with Crippen LogP contribution in [0.15, 0.2) is 60.7 Å². The van der Waals surface area contributed by atoms with E-state index in [1.54, 1.807) is 0 Å². The molecule has 0 amide bonds. The Kier molecular flexibility index (Phi) is 2.12. The number of Topliss-reactive ketones (excluding diaryl/α,β-unsaturated/α-hetero) is 1. The Labute approximate surface area is 111 Å². The van der Waals surface area contributed by atoms with Gasteiger partial charge in [0.15, 0.2) is 5.78 Å². The molecule has 0 bridgehead atoms. The van der Waals surface area contributed by atoms with E-state index in [0.717, 1.165) is 16.6 Å². The van der Waals surface area contributed by atoms with E-state index < -0.39 is 0 Å². The standard InChI is InChI=1S/C17H13NO/c19-17-11-15(12-6-2-1-3-7-12)18-14-9-5-4-8-13(14)10-16(17)18/h1-10,15H,11H2. The van der Waals surface area contributed by atoms with E-state index in [9.17, 15) is 4.79 Å². The maximum Gasteiger partial charge on any atom is 0.181 e.